The molecule has 0 aliphatic carbocycles. The Hall–Kier alpha value is -2.35. The molecule has 0 fully saturated rings. The monoisotopic (exact) mass is 262 g/mol. The summed E-state index contributed by atoms with van der Waals surface area (Å²) in [5.41, 5.74) is 2.32. The van der Waals surface area contributed by atoms with Crippen molar-refractivity contribution in [2.75, 3.05) is 4.90 Å². The van der Waals surface area contributed by atoms with E-state index in [0.717, 1.165) is 11.4 Å². The van der Waals surface area contributed by atoms with Crippen molar-refractivity contribution in [3.05, 3.63) is 78.9 Å². The lowest BCUT2D eigenvalue weighted by Crippen LogP contribution is -2.37. The van der Waals surface area contributed by atoms with Crippen molar-refractivity contribution in [2.45, 2.75) is 19.0 Å². The summed E-state index contributed by atoms with van der Waals surface area (Å²) in [6.45, 7) is 6.11. The van der Waals surface area contributed by atoms with Gasteiger partial charge in [-0.2, -0.15) is 0 Å². The highest BCUT2D eigenvalue weighted by Crippen LogP contribution is 2.28. The molecule has 0 spiro atoms. The predicted octanol–water partition coefficient (Wildman–Crippen LogP) is 3.90. The third kappa shape index (κ3) is 2.14. The SMILES string of the molecule is C=CC1N=C(c2ccccc2)N(c2ccccc2)C1C. The second kappa shape index (κ2) is 5.33. The Kier molecular flexibility index (Phi) is 3.38. The van der Waals surface area contributed by atoms with Crippen LogP contribution >= 0.6 is 0 Å². The summed E-state index contributed by atoms with van der Waals surface area (Å²) in [6.07, 6.45) is 1.93. The quantitative estimate of drug-likeness (QED) is 0.766. The van der Waals surface area contributed by atoms with Crippen LogP contribution < -0.4 is 4.90 Å². The second-order valence-electron chi connectivity index (χ2n) is 4.99. The van der Waals surface area contributed by atoms with E-state index >= 15 is 0 Å². The molecule has 0 radical (unpaired) electrons. The number of aliphatic imine (C=N–C) groups is 1. The summed E-state index contributed by atoms with van der Waals surface area (Å²) in [6, 6.07) is 21.2. The van der Waals surface area contributed by atoms with E-state index in [-0.39, 0.29) is 12.1 Å². The number of rotatable bonds is 3. The van der Waals surface area contributed by atoms with Crippen LogP contribution in [0.2, 0.25) is 0 Å². The Bertz CT molecular complexity index is 616. The van der Waals surface area contributed by atoms with E-state index in [1.54, 1.807) is 0 Å². The molecule has 2 aromatic carbocycles. The van der Waals surface area contributed by atoms with Gasteiger partial charge in [0.05, 0.1) is 12.1 Å². The normalized spacial score (nSPS) is 21.6. The molecule has 3 rings (SSSR count). The zero-order valence-electron chi connectivity index (χ0n) is 11.6. The van der Waals surface area contributed by atoms with Crippen LogP contribution in [0.15, 0.2) is 78.3 Å². The molecule has 1 heterocycles. The number of para-hydroxylation sites is 1. The minimum absolute atomic E-state index is 0.130. The van der Waals surface area contributed by atoms with E-state index in [1.165, 1.54) is 5.69 Å². The number of hydrogen-bond donors (Lipinski definition) is 0. The zero-order chi connectivity index (χ0) is 13.9. The predicted molar refractivity (Wildman–Crippen MR) is 85.3 cm³/mol. The molecular weight excluding hydrogens is 244 g/mol. The van der Waals surface area contributed by atoms with E-state index in [2.05, 4.69) is 54.8 Å². The molecule has 20 heavy (non-hydrogen) atoms. The highest BCUT2D eigenvalue weighted by molar-refractivity contribution is 6.11. The van der Waals surface area contributed by atoms with E-state index in [4.69, 9.17) is 4.99 Å². The first kappa shape index (κ1) is 12.7. The van der Waals surface area contributed by atoms with Crippen molar-refractivity contribution < 1.29 is 0 Å². The Morgan fingerprint density at radius 1 is 1.00 bits per heavy atom. The summed E-state index contributed by atoms with van der Waals surface area (Å²) in [4.78, 5) is 7.13. The van der Waals surface area contributed by atoms with Crippen LogP contribution in [0.3, 0.4) is 0 Å². The average molecular weight is 262 g/mol. The minimum Gasteiger partial charge on any atom is -0.321 e. The van der Waals surface area contributed by atoms with Gasteiger partial charge in [0.2, 0.25) is 0 Å². The van der Waals surface area contributed by atoms with Crippen molar-refractivity contribution in [3.8, 4) is 0 Å². The van der Waals surface area contributed by atoms with E-state index in [9.17, 15) is 0 Å². The summed E-state index contributed by atoms with van der Waals surface area (Å²) in [5.74, 6) is 1.02. The topological polar surface area (TPSA) is 15.6 Å². The number of nitrogens with zero attached hydrogens (tertiary/aromatic N) is 2. The highest BCUT2D eigenvalue weighted by Gasteiger charge is 2.32. The molecule has 0 saturated heterocycles. The lowest BCUT2D eigenvalue weighted by molar-refractivity contribution is 0.689. The van der Waals surface area contributed by atoms with Gasteiger partial charge in [-0.05, 0) is 19.1 Å². The van der Waals surface area contributed by atoms with Crippen molar-refractivity contribution in [1.29, 1.82) is 0 Å². The molecule has 1 aliphatic rings. The maximum absolute atomic E-state index is 4.84. The first-order chi connectivity index (χ1) is 9.81. The molecule has 1 aliphatic heterocycles. The van der Waals surface area contributed by atoms with Gasteiger partial charge in [0.25, 0.3) is 0 Å². The zero-order valence-corrected chi connectivity index (χ0v) is 11.6. The summed E-state index contributed by atoms with van der Waals surface area (Å²) < 4.78 is 0. The standard InChI is InChI=1S/C18H18N2/c1-3-17-14(2)20(16-12-8-5-9-13-16)18(19-17)15-10-6-4-7-11-15/h3-14,17H,1H2,2H3. The van der Waals surface area contributed by atoms with E-state index < -0.39 is 0 Å². The lowest BCUT2D eigenvalue weighted by atomic mass is 10.1. The third-order valence-electron chi connectivity index (χ3n) is 3.71. The fourth-order valence-electron chi connectivity index (χ4n) is 2.65. The molecule has 0 saturated carbocycles. The van der Waals surface area contributed by atoms with Crippen LogP contribution in [0.25, 0.3) is 0 Å². The van der Waals surface area contributed by atoms with Crippen LogP contribution in [0.4, 0.5) is 5.69 Å². The van der Waals surface area contributed by atoms with Crippen molar-refractivity contribution in [2.24, 2.45) is 4.99 Å². The average Bonchev–Trinajstić information content (AvgIpc) is 2.86. The van der Waals surface area contributed by atoms with Gasteiger partial charge in [-0.3, -0.25) is 4.99 Å². The van der Waals surface area contributed by atoms with Crippen molar-refractivity contribution in [3.63, 3.8) is 0 Å². The highest BCUT2D eigenvalue weighted by atomic mass is 15.3. The molecule has 2 aromatic rings. The van der Waals surface area contributed by atoms with Crippen molar-refractivity contribution >= 4 is 11.5 Å². The maximum Gasteiger partial charge on any atom is 0.136 e. The molecule has 100 valence electrons. The first-order valence-corrected chi connectivity index (χ1v) is 6.91. The molecule has 2 atom stereocenters. The van der Waals surface area contributed by atoms with Gasteiger partial charge in [-0.1, -0.05) is 54.6 Å². The van der Waals surface area contributed by atoms with E-state index in [0.29, 0.717) is 0 Å². The Morgan fingerprint density at radius 3 is 2.20 bits per heavy atom. The van der Waals surface area contributed by atoms with Gasteiger partial charge in [0.15, 0.2) is 0 Å². The molecule has 0 amide bonds. The summed E-state index contributed by atoms with van der Waals surface area (Å²) >= 11 is 0. The number of benzene rings is 2. The van der Waals surface area contributed by atoms with Gasteiger partial charge in [-0.15, -0.1) is 6.58 Å². The first-order valence-electron chi connectivity index (χ1n) is 6.91. The Labute approximate surface area is 120 Å². The minimum atomic E-state index is 0.130. The van der Waals surface area contributed by atoms with Gasteiger partial charge in [0.1, 0.15) is 5.84 Å². The molecule has 2 unspecified atom stereocenters. The molecule has 0 N–H and O–H groups in total. The Morgan fingerprint density at radius 2 is 1.60 bits per heavy atom. The summed E-state index contributed by atoms with van der Waals surface area (Å²) in [7, 11) is 0. The largest absolute Gasteiger partial charge is 0.321 e. The summed E-state index contributed by atoms with van der Waals surface area (Å²) in [5, 5.41) is 0. The van der Waals surface area contributed by atoms with Crippen LogP contribution in [-0.4, -0.2) is 17.9 Å². The number of anilines is 1. The van der Waals surface area contributed by atoms with E-state index in [1.807, 2.05) is 30.3 Å². The van der Waals surface area contributed by atoms with Crippen LogP contribution in [0.1, 0.15) is 12.5 Å². The maximum atomic E-state index is 4.84. The fraction of sp³-hybridized carbons (Fsp3) is 0.167. The molecule has 0 aromatic heterocycles. The fourth-order valence-corrected chi connectivity index (χ4v) is 2.65. The third-order valence-corrected chi connectivity index (χ3v) is 3.71. The van der Waals surface area contributed by atoms with Crippen LogP contribution in [0, 0.1) is 0 Å². The number of amidine groups is 1. The van der Waals surface area contributed by atoms with Gasteiger partial charge >= 0.3 is 0 Å². The smallest absolute Gasteiger partial charge is 0.136 e. The van der Waals surface area contributed by atoms with Gasteiger partial charge < -0.3 is 4.90 Å². The van der Waals surface area contributed by atoms with Crippen LogP contribution in [-0.2, 0) is 0 Å². The molecule has 0 bridgehead atoms. The molecule has 2 nitrogen and oxygen atoms in total. The van der Waals surface area contributed by atoms with Crippen LogP contribution in [0.5, 0.6) is 0 Å². The second-order valence-corrected chi connectivity index (χ2v) is 4.99. The molecule has 2 heteroatoms. The Balaban J connectivity index is 2.07. The van der Waals surface area contributed by atoms with Crippen molar-refractivity contribution in [1.82, 2.24) is 0 Å². The van der Waals surface area contributed by atoms with Gasteiger partial charge in [0, 0.05) is 11.3 Å². The molecular formula is C18H18N2. The lowest BCUT2D eigenvalue weighted by Gasteiger charge is -2.27. The van der Waals surface area contributed by atoms with Gasteiger partial charge in [-0.25, -0.2) is 0 Å². The number of hydrogen-bond acceptors (Lipinski definition) is 2.